The molecule has 0 aromatic rings. The van der Waals surface area contributed by atoms with E-state index in [0.717, 1.165) is 25.6 Å². The summed E-state index contributed by atoms with van der Waals surface area (Å²) in [6.07, 6.45) is 6.90. The van der Waals surface area contributed by atoms with Crippen molar-refractivity contribution in [2.45, 2.75) is 50.7 Å². The molecule has 0 radical (unpaired) electrons. The molecule has 1 saturated heterocycles. The lowest BCUT2D eigenvalue weighted by atomic mass is 9.87. The molecule has 1 saturated carbocycles. The maximum Gasteiger partial charge on any atom is 0.193 e. The van der Waals surface area contributed by atoms with Gasteiger partial charge in [-0.1, -0.05) is 26.2 Å². The van der Waals surface area contributed by atoms with Gasteiger partial charge in [-0.25, -0.2) is 0 Å². The number of rotatable bonds is 4. The van der Waals surface area contributed by atoms with Gasteiger partial charge in [0.1, 0.15) is 0 Å². The van der Waals surface area contributed by atoms with Gasteiger partial charge in [0, 0.05) is 43.3 Å². The monoisotopic (exact) mass is 441 g/mol. The quantitative estimate of drug-likeness (QED) is 0.400. The molecule has 6 heteroatoms. The summed E-state index contributed by atoms with van der Waals surface area (Å²) < 4.78 is 0.468. The third-order valence-electron chi connectivity index (χ3n) is 4.51. The van der Waals surface area contributed by atoms with E-state index in [4.69, 9.17) is 4.99 Å². The van der Waals surface area contributed by atoms with E-state index in [-0.39, 0.29) is 36.5 Å². The summed E-state index contributed by atoms with van der Waals surface area (Å²) in [7, 11) is 0. The molecule has 2 N–H and O–H groups in total. The summed E-state index contributed by atoms with van der Waals surface area (Å²) in [6, 6.07) is 0. The number of aliphatic hydroxyl groups excluding tert-OH is 1. The largest absolute Gasteiger partial charge is 0.396 e. The minimum atomic E-state index is 0. The van der Waals surface area contributed by atoms with Crippen molar-refractivity contribution in [2.75, 3.05) is 38.5 Å². The van der Waals surface area contributed by atoms with Gasteiger partial charge in [-0.2, -0.15) is 11.8 Å². The topological polar surface area (TPSA) is 47.9 Å². The molecular weight excluding hydrogens is 409 g/mol. The first-order chi connectivity index (χ1) is 10.2. The van der Waals surface area contributed by atoms with E-state index in [1.165, 1.54) is 37.9 Å². The Morgan fingerprint density at radius 2 is 2.09 bits per heavy atom. The van der Waals surface area contributed by atoms with Gasteiger partial charge in [0.05, 0.1) is 0 Å². The highest BCUT2D eigenvalue weighted by Crippen LogP contribution is 2.42. The predicted molar refractivity (Wildman–Crippen MR) is 107 cm³/mol. The van der Waals surface area contributed by atoms with Crippen LogP contribution in [0.2, 0.25) is 0 Å². The van der Waals surface area contributed by atoms with Gasteiger partial charge in [0.2, 0.25) is 0 Å². The summed E-state index contributed by atoms with van der Waals surface area (Å²) in [5.74, 6) is 2.49. The fourth-order valence-corrected chi connectivity index (χ4v) is 4.82. The van der Waals surface area contributed by atoms with Crippen LogP contribution in [0, 0.1) is 5.92 Å². The highest BCUT2D eigenvalue weighted by Gasteiger charge is 2.38. The molecule has 2 fully saturated rings. The molecule has 1 atom stereocenters. The van der Waals surface area contributed by atoms with Crippen LogP contribution in [0.5, 0.6) is 0 Å². The van der Waals surface area contributed by atoms with E-state index in [1.54, 1.807) is 0 Å². The zero-order valence-corrected chi connectivity index (χ0v) is 17.2. The Balaban J connectivity index is 0.00000242. The minimum Gasteiger partial charge on any atom is -0.396 e. The van der Waals surface area contributed by atoms with E-state index in [2.05, 4.69) is 28.9 Å². The molecule has 4 nitrogen and oxygen atoms in total. The van der Waals surface area contributed by atoms with E-state index >= 15 is 0 Å². The van der Waals surface area contributed by atoms with Crippen molar-refractivity contribution in [1.82, 2.24) is 10.2 Å². The molecule has 0 bridgehead atoms. The molecule has 0 aromatic carbocycles. The number of thioether (sulfide) groups is 1. The van der Waals surface area contributed by atoms with Crippen molar-refractivity contribution in [3.05, 3.63) is 0 Å². The fraction of sp³-hybridized carbons (Fsp3) is 0.938. The van der Waals surface area contributed by atoms with Crippen LogP contribution in [-0.2, 0) is 0 Å². The number of aliphatic imine (C=N–C) groups is 1. The van der Waals surface area contributed by atoms with Crippen molar-refractivity contribution in [3.63, 3.8) is 0 Å². The van der Waals surface area contributed by atoms with Crippen molar-refractivity contribution in [1.29, 1.82) is 0 Å². The minimum absolute atomic E-state index is 0. The molecular formula is C16H32IN3OS. The Morgan fingerprint density at radius 1 is 1.36 bits per heavy atom. The Kier molecular flexibility index (Phi) is 9.47. The maximum atomic E-state index is 9.18. The molecule has 2 rings (SSSR count). The predicted octanol–water partition coefficient (Wildman–Crippen LogP) is 2.95. The first-order valence-electron chi connectivity index (χ1n) is 8.47. The van der Waals surface area contributed by atoms with Gasteiger partial charge < -0.3 is 15.3 Å². The maximum absolute atomic E-state index is 9.18. The molecule has 1 aliphatic heterocycles. The van der Waals surface area contributed by atoms with E-state index in [0.29, 0.717) is 11.3 Å². The number of hydrogen-bond acceptors (Lipinski definition) is 3. The zero-order valence-electron chi connectivity index (χ0n) is 14.0. The third kappa shape index (κ3) is 5.74. The zero-order chi connectivity index (χ0) is 15.1. The molecule has 1 heterocycles. The van der Waals surface area contributed by atoms with Gasteiger partial charge in [-0.05, 0) is 25.7 Å². The molecule has 130 valence electrons. The lowest BCUT2D eigenvalue weighted by molar-refractivity contribution is 0.240. The summed E-state index contributed by atoms with van der Waals surface area (Å²) >= 11 is 2.19. The highest BCUT2D eigenvalue weighted by molar-refractivity contribution is 14.0. The Morgan fingerprint density at radius 3 is 2.73 bits per heavy atom. The molecule has 0 aromatic heterocycles. The first-order valence-corrected chi connectivity index (χ1v) is 9.46. The van der Waals surface area contributed by atoms with Crippen LogP contribution >= 0.6 is 35.7 Å². The second-order valence-corrected chi connectivity index (χ2v) is 8.06. The Bertz CT molecular complexity index is 343. The van der Waals surface area contributed by atoms with Gasteiger partial charge >= 0.3 is 0 Å². The third-order valence-corrected chi connectivity index (χ3v) is 6.05. The molecule has 0 amide bonds. The van der Waals surface area contributed by atoms with Crippen molar-refractivity contribution < 1.29 is 5.11 Å². The standard InChI is InChI=1S/C16H31N3OS.HI/c1-3-17-15(18-11-14(2)12-20)19-9-10-21-16(13-19)7-5-4-6-8-16;/h14,20H,3-13H2,1-2H3,(H,17,18);1H. The molecule has 22 heavy (non-hydrogen) atoms. The van der Waals surface area contributed by atoms with E-state index in [9.17, 15) is 5.11 Å². The van der Waals surface area contributed by atoms with Crippen molar-refractivity contribution in [2.24, 2.45) is 10.9 Å². The van der Waals surface area contributed by atoms with Gasteiger partial charge in [0.15, 0.2) is 5.96 Å². The lowest BCUT2D eigenvalue weighted by Gasteiger charge is -2.45. The average molecular weight is 441 g/mol. The number of nitrogens with zero attached hydrogens (tertiary/aromatic N) is 2. The van der Waals surface area contributed by atoms with Crippen LogP contribution in [-0.4, -0.2) is 59.3 Å². The first kappa shape index (κ1) is 20.4. The fourth-order valence-electron chi connectivity index (χ4n) is 3.25. The Labute approximate surface area is 156 Å². The SMILES string of the molecule is CCNC(=NCC(C)CO)N1CCSC2(CCCCC2)C1.I. The second-order valence-electron chi connectivity index (χ2n) is 6.50. The van der Waals surface area contributed by atoms with Crippen molar-refractivity contribution in [3.8, 4) is 0 Å². The number of guanidine groups is 1. The number of hydrogen-bond donors (Lipinski definition) is 2. The lowest BCUT2D eigenvalue weighted by Crippen LogP contribution is -2.53. The van der Waals surface area contributed by atoms with Crippen LogP contribution in [0.1, 0.15) is 46.0 Å². The molecule has 2 aliphatic rings. The smallest absolute Gasteiger partial charge is 0.193 e. The van der Waals surface area contributed by atoms with Crippen LogP contribution < -0.4 is 5.32 Å². The normalized spacial score (nSPS) is 23.0. The van der Waals surface area contributed by atoms with Crippen LogP contribution in [0.3, 0.4) is 0 Å². The number of halogens is 1. The van der Waals surface area contributed by atoms with Gasteiger partial charge in [0.25, 0.3) is 0 Å². The second kappa shape index (κ2) is 10.2. The highest BCUT2D eigenvalue weighted by atomic mass is 127. The van der Waals surface area contributed by atoms with Crippen LogP contribution in [0.4, 0.5) is 0 Å². The average Bonchev–Trinajstić information content (AvgIpc) is 2.52. The van der Waals surface area contributed by atoms with Gasteiger partial charge in [-0.15, -0.1) is 24.0 Å². The summed E-state index contributed by atoms with van der Waals surface area (Å²) in [5.41, 5.74) is 0. The number of aliphatic hydroxyl groups is 1. The molecule has 1 unspecified atom stereocenters. The summed E-state index contributed by atoms with van der Waals surface area (Å²) in [5, 5.41) is 12.6. The van der Waals surface area contributed by atoms with E-state index < -0.39 is 0 Å². The van der Waals surface area contributed by atoms with E-state index in [1.807, 2.05) is 6.92 Å². The summed E-state index contributed by atoms with van der Waals surface area (Å²) in [6.45, 7) is 8.21. The molecule has 1 aliphatic carbocycles. The van der Waals surface area contributed by atoms with Crippen LogP contribution in [0.15, 0.2) is 4.99 Å². The molecule has 1 spiro atoms. The summed E-state index contributed by atoms with van der Waals surface area (Å²) in [4.78, 5) is 7.20. The number of nitrogens with one attached hydrogen (secondary N) is 1. The van der Waals surface area contributed by atoms with Gasteiger partial charge in [-0.3, -0.25) is 4.99 Å². The Hall–Kier alpha value is 0.310. The van der Waals surface area contributed by atoms with Crippen LogP contribution in [0.25, 0.3) is 0 Å². The van der Waals surface area contributed by atoms with Crippen molar-refractivity contribution >= 4 is 41.7 Å².